The third-order valence-electron chi connectivity index (χ3n) is 5.66. The molecule has 1 heterocycles. The summed E-state index contributed by atoms with van der Waals surface area (Å²) >= 11 is 0. The highest BCUT2D eigenvalue weighted by Crippen LogP contribution is 2.39. The van der Waals surface area contributed by atoms with Crippen molar-refractivity contribution in [3.05, 3.63) is 95.6 Å². The molecule has 0 aliphatic rings. The predicted octanol–water partition coefficient (Wildman–Crippen LogP) is 7.02. The summed E-state index contributed by atoms with van der Waals surface area (Å²) in [6.07, 6.45) is 1.79. The van der Waals surface area contributed by atoms with Crippen LogP contribution in [0.15, 0.2) is 72.9 Å². The zero-order valence-corrected chi connectivity index (χ0v) is 18.4. The molecule has 0 saturated heterocycles. The molecule has 0 fully saturated rings. The van der Waals surface area contributed by atoms with Crippen LogP contribution in [0.3, 0.4) is 0 Å². The molecule has 0 saturated carbocycles. The van der Waals surface area contributed by atoms with Crippen LogP contribution >= 0.6 is 0 Å². The fraction of sp³-hybridized carbons (Fsp3) is 0.222. The fourth-order valence-corrected chi connectivity index (χ4v) is 3.95. The van der Waals surface area contributed by atoms with E-state index in [-0.39, 0.29) is 11.7 Å². The van der Waals surface area contributed by atoms with Gasteiger partial charge in [-0.1, -0.05) is 43.3 Å². The molecule has 4 heteroatoms. The molecule has 3 aromatic carbocycles. The summed E-state index contributed by atoms with van der Waals surface area (Å²) < 4.78 is 21.4. The average molecular weight is 415 g/mol. The lowest BCUT2D eigenvalue weighted by Gasteiger charge is -2.27. The SMILES string of the molecule is Cc1cc2ccccc2cc1Oc1c(C)ccc(F)c1N(C)CC(C)c1ccccn1. The Labute approximate surface area is 183 Å². The van der Waals surface area contributed by atoms with Gasteiger partial charge in [-0.15, -0.1) is 0 Å². The number of hydrogen-bond acceptors (Lipinski definition) is 3. The molecule has 1 atom stereocenters. The lowest BCUT2D eigenvalue weighted by Crippen LogP contribution is -2.25. The molecule has 0 amide bonds. The Hall–Kier alpha value is -3.40. The zero-order valence-electron chi connectivity index (χ0n) is 18.4. The second-order valence-electron chi connectivity index (χ2n) is 8.15. The van der Waals surface area contributed by atoms with Crippen LogP contribution < -0.4 is 9.64 Å². The summed E-state index contributed by atoms with van der Waals surface area (Å²) in [7, 11) is 1.90. The van der Waals surface area contributed by atoms with Crippen molar-refractivity contribution in [2.45, 2.75) is 26.7 Å². The van der Waals surface area contributed by atoms with Gasteiger partial charge in [0.1, 0.15) is 17.3 Å². The Balaban J connectivity index is 1.69. The van der Waals surface area contributed by atoms with Crippen LogP contribution in [0, 0.1) is 19.7 Å². The molecule has 31 heavy (non-hydrogen) atoms. The van der Waals surface area contributed by atoms with Crippen LogP contribution in [0.4, 0.5) is 10.1 Å². The van der Waals surface area contributed by atoms with E-state index in [0.29, 0.717) is 18.0 Å². The largest absolute Gasteiger partial charge is 0.454 e. The lowest BCUT2D eigenvalue weighted by atomic mass is 10.1. The normalized spacial score (nSPS) is 12.0. The molecule has 0 aliphatic carbocycles. The molecule has 4 rings (SSSR count). The van der Waals surface area contributed by atoms with Gasteiger partial charge < -0.3 is 9.64 Å². The maximum Gasteiger partial charge on any atom is 0.156 e. The van der Waals surface area contributed by atoms with E-state index in [9.17, 15) is 0 Å². The number of fused-ring (bicyclic) bond motifs is 1. The van der Waals surface area contributed by atoms with E-state index in [2.05, 4.69) is 30.1 Å². The van der Waals surface area contributed by atoms with E-state index in [4.69, 9.17) is 4.74 Å². The van der Waals surface area contributed by atoms with Crippen LogP contribution in [0.2, 0.25) is 0 Å². The van der Waals surface area contributed by atoms with E-state index in [1.54, 1.807) is 12.3 Å². The number of ether oxygens (including phenoxy) is 1. The topological polar surface area (TPSA) is 25.4 Å². The first kappa shape index (κ1) is 20.9. The van der Waals surface area contributed by atoms with Gasteiger partial charge in [-0.3, -0.25) is 4.98 Å². The number of pyridine rings is 1. The Kier molecular flexibility index (Phi) is 5.90. The van der Waals surface area contributed by atoms with Crippen molar-refractivity contribution >= 4 is 16.5 Å². The summed E-state index contributed by atoms with van der Waals surface area (Å²) in [6, 6.07) is 21.4. The van der Waals surface area contributed by atoms with Gasteiger partial charge in [0.05, 0.1) is 0 Å². The Morgan fingerprint density at radius 1 is 0.935 bits per heavy atom. The number of aryl methyl sites for hydroxylation is 2. The first-order valence-corrected chi connectivity index (χ1v) is 10.5. The van der Waals surface area contributed by atoms with Gasteiger partial charge in [0.25, 0.3) is 0 Å². The molecule has 4 aromatic rings. The summed E-state index contributed by atoms with van der Waals surface area (Å²) in [6.45, 7) is 6.68. The minimum Gasteiger partial charge on any atom is -0.454 e. The van der Waals surface area contributed by atoms with Gasteiger partial charge in [-0.25, -0.2) is 4.39 Å². The van der Waals surface area contributed by atoms with Crippen LogP contribution in [0.25, 0.3) is 10.8 Å². The van der Waals surface area contributed by atoms with Crippen molar-refractivity contribution in [3.8, 4) is 11.5 Å². The molecule has 1 unspecified atom stereocenters. The fourth-order valence-electron chi connectivity index (χ4n) is 3.95. The minimum atomic E-state index is -0.297. The number of nitrogens with zero attached hydrogens (tertiary/aromatic N) is 2. The minimum absolute atomic E-state index is 0.140. The van der Waals surface area contributed by atoms with Gasteiger partial charge >= 0.3 is 0 Å². The maximum atomic E-state index is 15.1. The van der Waals surface area contributed by atoms with Crippen molar-refractivity contribution in [2.75, 3.05) is 18.5 Å². The van der Waals surface area contributed by atoms with Crippen molar-refractivity contribution in [3.63, 3.8) is 0 Å². The van der Waals surface area contributed by atoms with Gasteiger partial charge in [0, 0.05) is 31.4 Å². The number of aromatic nitrogens is 1. The number of halogens is 1. The second-order valence-corrected chi connectivity index (χ2v) is 8.15. The predicted molar refractivity (Wildman–Crippen MR) is 126 cm³/mol. The summed E-state index contributed by atoms with van der Waals surface area (Å²) in [5.74, 6) is 1.13. The average Bonchev–Trinajstić information content (AvgIpc) is 2.77. The van der Waals surface area contributed by atoms with E-state index in [0.717, 1.165) is 33.3 Å². The Morgan fingerprint density at radius 2 is 1.65 bits per heavy atom. The molecule has 0 aliphatic heterocycles. The van der Waals surface area contributed by atoms with Crippen LogP contribution in [-0.2, 0) is 0 Å². The highest BCUT2D eigenvalue weighted by atomic mass is 19.1. The molecule has 3 nitrogen and oxygen atoms in total. The molecule has 0 spiro atoms. The van der Waals surface area contributed by atoms with Crippen LogP contribution in [0.5, 0.6) is 11.5 Å². The molecule has 0 radical (unpaired) electrons. The van der Waals surface area contributed by atoms with Crippen molar-refractivity contribution in [1.82, 2.24) is 4.98 Å². The zero-order chi connectivity index (χ0) is 22.0. The molecular weight excluding hydrogens is 387 g/mol. The third-order valence-corrected chi connectivity index (χ3v) is 5.66. The van der Waals surface area contributed by atoms with Gasteiger partial charge in [-0.2, -0.15) is 0 Å². The van der Waals surface area contributed by atoms with Gasteiger partial charge in [-0.05, 0) is 66.1 Å². The standard InChI is InChI=1S/C27H27FN2O/c1-18-12-13-23(28)26(30(4)17-20(3)24-11-7-8-14-29-24)27(18)31-25-16-22-10-6-5-9-21(22)15-19(25)2/h5-16,20H,17H2,1-4H3. The summed E-state index contributed by atoms with van der Waals surface area (Å²) in [5, 5.41) is 2.25. The van der Waals surface area contributed by atoms with E-state index in [1.165, 1.54) is 6.07 Å². The third kappa shape index (κ3) is 4.38. The molecular formula is C27H27FN2O. The van der Waals surface area contributed by atoms with E-state index in [1.807, 2.05) is 62.2 Å². The number of benzene rings is 3. The maximum absolute atomic E-state index is 15.1. The van der Waals surface area contributed by atoms with E-state index < -0.39 is 0 Å². The van der Waals surface area contributed by atoms with Gasteiger partial charge in [0.15, 0.2) is 5.75 Å². The molecule has 158 valence electrons. The van der Waals surface area contributed by atoms with Crippen molar-refractivity contribution in [1.29, 1.82) is 0 Å². The summed E-state index contributed by atoms with van der Waals surface area (Å²) in [4.78, 5) is 6.37. The quantitative estimate of drug-likeness (QED) is 0.339. The highest BCUT2D eigenvalue weighted by molar-refractivity contribution is 5.85. The molecule has 0 N–H and O–H groups in total. The van der Waals surface area contributed by atoms with Crippen molar-refractivity contribution in [2.24, 2.45) is 0 Å². The van der Waals surface area contributed by atoms with Crippen LogP contribution in [-0.4, -0.2) is 18.6 Å². The van der Waals surface area contributed by atoms with Crippen LogP contribution in [0.1, 0.15) is 29.7 Å². The number of likely N-dealkylation sites (N-methyl/N-ethyl adjacent to an activating group) is 1. The lowest BCUT2D eigenvalue weighted by molar-refractivity contribution is 0.469. The molecule has 1 aromatic heterocycles. The van der Waals surface area contributed by atoms with Gasteiger partial charge in [0.2, 0.25) is 0 Å². The second kappa shape index (κ2) is 8.76. The smallest absolute Gasteiger partial charge is 0.156 e. The Morgan fingerprint density at radius 3 is 2.35 bits per heavy atom. The number of hydrogen-bond donors (Lipinski definition) is 0. The van der Waals surface area contributed by atoms with Crippen molar-refractivity contribution < 1.29 is 9.13 Å². The Bertz CT molecular complexity index is 1210. The monoisotopic (exact) mass is 414 g/mol. The molecule has 0 bridgehead atoms. The first-order chi connectivity index (χ1) is 14.9. The summed E-state index contributed by atoms with van der Waals surface area (Å²) in [5.41, 5.74) is 3.35. The van der Waals surface area contributed by atoms with E-state index >= 15 is 4.39 Å². The first-order valence-electron chi connectivity index (χ1n) is 10.5. The number of rotatable bonds is 6. The number of anilines is 1. The highest BCUT2D eigenvalue weighted by Gasteiger charge is 2.21.